The van der Waals surface area contributed by atoms with Crippen LogP contribution in [0.3, 0.4) is 0 Å². The van der Waals surface area contributed by atoms with Crippen LogP contribution in [-0.4, -0.2) is 4.98 Å². The second-order valence-electron chi connectivity index (χ2n) is 4.09. The molecule has 5 nitrogen and oxygen atoms in total. The smallest absolute Gasteiger partial charge is 0.216 e. The lowest BCUT2D eigenvalue weighted by Crippen LogP contribution is -2.07. The lowest BCUT2D eigenvalue weighted by molar-refractivity contribution is 0.454. The van der Waals surface area contributed by atoms with Crippen molar-refractivity contribution < 1.29 is 4.42 Å². The van der Waals surface area contributed by atoms with Gasteiger partial charge in [-0.15, -0.1) is 0 Å². The highest BCUT2D eigenvalue weighted by molar-refractivity contribution is 5.62. The maximum atomic E-state index is 8.80. The number of anilines is 2. The SMILES string of the molecule is Cc1cnc(C(C)Nc2ccc(C#N)c(N)c2)o1. The van der Waals surface area contributed by atoms with E-state index in [1.165, 1.54) is 0 Å². The van der Waals surface area contributed by atoms with Crippen LogP contribution in [-0.2, 0) is 0 Å². The molecule has 18 heavy (non-hydrogen) atoms. The van der Waals surface area contributed by atoms with Crippen molar-refractivity contribution in [1.29, 1.82) is 5.26 Å². The van der Waals surface area contributed by atoms with Crippen LogP contribution in [0.15, 0.2) is 28.8 Å². The van der Waals surface area contributed by atoms with Gasteiger partial charge in [0, 0.05) is 5.69 Å². The van der Waals surface area contributed by atoms with Gasteiger partial charge in [0.1, 0.15) is 17.9 Å². The number of nitrogen functional groups attached to an aromatic ring is 1. The van der Waals surface area contributed by atoms with E-state index in [0.717, 1.165) is 11.4 Å². The first-order valence-electron chi connectivity index (χ1n) is 5.58. The Bertz CT molecular complexity index is 597. The first-order valence-corrected chi connectivity index (χ1v) is 5.58. The summed E-state index contributed by atoms with van der Waals surface area (Å²) in [7, 11) is 0. The molecule has 0 saturated heterocycles. The van der Waals surface area contributed by atoms with Crippen LogP contribution in [0.4, 0.5) is 11.4 Å². The third-order valence-electron chi connectivity index (χ3n) is 2.56. The van der Waals surface area contributed by atoms with Crippen molar-refractivity contribution >= 4 is 11.4 Å². The molecule has 3 N–H and O–H groups in total. The fraction of sp³-hybridized carbons (Fsp3) is 0.231. The zero-order chi connectivity index (χ0) is 13.1. The van der Waals surface area contributed by atoms with Crippen molar-refractivity contribution in [3.05, 3.63) is 41.6 Å². The molecule has 0 amide bonds. The van der Waals surface area contributed by atoms with Gasteiger partial charge in [0.25, 0.3) is 0 Å². The van der Waals surface area contributed by atoms with E-state index < -0.39 is 0 Å². The summed E-state index contributed by atoms with van der Waals surface area (Å²) in [6.07, 6.45) is 1.68. The normalized spacial score (nSPS) is 11.8. The number of hydrogen-bond donors (Lipinski definition) is 2. The number of nitriles is 1. The van der Waals surface area contributed by atoms with E-state index in [4.69, 9.17) is 15.4 Å². The van der Waals surface area contributed by atoms with E-state index in [0.29, 0.717) is 17.1 Å². The third-order valence-corrected chi connectivity index (χ3v) is 2.56. The van der Waals surface area contributed by atoms with Gasteiger partial charge in [0.2, 0.25) is 5.89 Å². The minimum atomic E-state index is -0.0639. The lowest BCUT2D eigenvalue weighted by atomic mass is 10.1. The molecule has 1 aromatic carbocycles. The molecule has 5 heteroatoms. The van der Waals surface area contributed by atoms with E-state index in [1.807, 2.05) is 19.9 Å². The van der Waals surface area contributed by atoms with Crippen LogP contribution in [0.5, 0.6) is 0 Å². The Morgan fingerprint density at radius 3 is 2.83 bits per heavy atom. The lowest BCUT2D eigenvalue weighted by Gasteiger charge is -2.12. The van der Waals surface area contributed by atoms with Gasteiger partial charge < -0.3 is 15.5 Å². The summed E-state index contributed by atoms with van der Waals surface area (Å²) in [5, 5.41) is 12.0. The number of nitrogens with zero attached hydrogens (tertiary/aromatic N) is 2. The molecule has 2 rings (SSSR count). The summed E-state index contributed by atoms with van der Waals surface area (Å²) < 4.78 is 5.44. The largest absolute Gasteiger partial charge is 0.444 e. The van der Waals surface area contributed by atoms with E-state index in [-0.39, 0.29) is 6.04 Å². The van der Waals surface area contributed by atoms with Crippen LogP contribution < -0.4 is 11.1 Å². The quantitative estimate of drug-likeness (QED) is 0.808. The Hall–Kier alpha value is -2.48. The molecule has 1 aromatic heterocycles. The van der Waals surface area contributed by atoms with Gasteiger partial charge in [-0.2, -0.15) is 5.26 Å². The Labute approximate surface area is 105 Å². The minimum Gasteiger partial charge on any atom is -0.444 e. The fourth-order valence-electron chi connectivity index (χ4n) is 1.64. The van der Waals surface area contributed by atoms with Crippen LogP contribution in [0.2, 0.25) is 0 Å². The molecule has 0 spiro atoms. The Morgan fingerprint density at radius 2 is 2.28 bits per heavy atom. The van der Waals surface area contributed by atoms with Gasteiger partial charge in [-0.25, -0.2) is 4.98 Å². The zero-order valence-corrected chi connectivity index (χ0v) is 10.3. The van der Waals surface area contributed by atoms with Gasteiger partial charge in [0.05, 0.1) is 17.4 Å². The van der Waals surface area contributed by atoms with Gasteiger partial charge >= 0.3 is 0 Å². The topological polar surface area (TPSA) is 87.9 Å². The molecular formula is C13H14N4O. The summed E-state index contributed by atoms with van der Waals surface area (Å²) in [6, 6.07) is 7.18. The zero-order valence-electron chi connectivity index (χ0n) is 10.3. The average Bonchev–Trinajstić information content (AvgIpc) is 2.76. The number of rotatable bonds is 3. The number of nitrogens with one attached hydrogen (secondary N) is 1. The molecule has 0 saturated carbocycles. The second-order valence-corrected chi connectivity index (χ2v) is 4.09. The number of oxazole rings is 1. The number of aromatic nitrogens is 1. The van der Waals surface area contributed by atoms with Crippen molar-refractivity contribution in [1.82, 2.24) is 4.98 Å². The van der Waals surface area contributed by atoms with E-state index in [1.54, 1.807) is 24.4 Å². The fourth-order valence-corrected chi connectivity index (χ4v) is 1.64. The van der Waals surface area contributed by atoms with Gasteiger partial charge in [-0.05, 0) is 32.0 Å². The summed E-state index contributed by atoms with van der Waals surface area (Å²) in [6.45, 7) is 3.79. The number of benzene rings is 1. The Balaban J connectivity index is 2.15. The van der Waals surface area contributed by atoms with Crippen LogP contribution in [0.25, 0.3) is 0 Å². The van der Waals surface area contributed by atoms with E-state index >= 15 is 0 Å². The standard InChI is InChI=1S/C13H14N4O/c1-8-7-16-13(18-8)9(2)17-11-4-3-10(6-14)12(15)5-11/h3-5,7,9,17H,15H2,1-2H3. The molecule has 0 aliphatic heterocycles. The molecule has 0 fully saturated rings. The summed E-state index contributed by atoms with van der Waals surface area (Å²) in [4.78, 5) is 4.16. The maximum Gasteiger partial charge on any atom is 0.216 e. The summed E-state index contributed by atoms with van der Waals surface area (Å²) in [5.74, 6) is 1.40. The third kappa shape index (κ3) is 2.43. The molecular weight excluding hydrogens is 228 g/mol. The number of nitrogens with two attached hydrogens (primary N) is 1. The molecule has 0 bridgehead atoms. The Kier molecular flexibility index (Phi) is 3.20. The number of hydrogen-bond acceptors (Lipinski definition) is 5. The molecule has 1 atom stereocenters. The average molecular weight is 242 g/mol. The molecule has 92 valence electrons. The predicted molar refractivity (Wildman–Crippen MR) is 68.8 cm³/mol. The van der Waals surface area contributed by atoms with Crippen LogP contribution >= 0.6 is 0 Å². The molecule has 1 heterocycles. The van der Waals surface area contributed by atoms with Gasteiger partial charge in [-0.3, -0.25) is 0 Å². The van der Waals surface area contributed by atoms with Crippen molar-refractivity contribution in [3.63, 3.8) is 0 Å². The minimum absolute atomic E-state index is 0.0639. The van der Waals surface area contributed by atoms with Crippen LogP contribution in [0.1, 0.15) is 30.2 Å². The van der Waals surface area contributed by atoms with Gasteiger partial charge in [0.15, 0.2) is 0 Å². The monoisotopic (exact) mass is 242 g/mol. The van der Waals surface area contributed by atoms with Crippen molar-refractivity contribution in [3.8, 4) is 6.07 Å². The molecule has 0 radical (unpaired) electrons. The molecule has 2 aromatic rings. The second kappa shape index (κ2) is 4.80. The molecule has 0 aliphatic rings. The highest BCUT2D eigenvalue weighted by Crippen LogP contribution is 2.22. The number of aryl methyl sites for hydroxylation is 1. The van der Waals surface area contributed by atoms with E-state index in [2.05, 4.69) is 10.3 Å². The summed E-state index contributed by atoms with van der Waals surface area (Å²) in [5.41, 5.74) is 7.51. The van der Waals surface area contributed by atoms with Crippen molar-refractivity contribution in [2.75, 3.05) is 11.1 Å². The van der Waals surface area contributed by atoms with E-state index in [9.17, 15) is 0 Å². The first-order chi connectivity index (χ1) is 8.60. The highest BCUT2D eigenvalue weighted by atomic mass is 16.4. The van der Waals surface area contributed by atoms with Crippen molar-refractivity contribution in [2.45, 2.75) is 19.9 Å². The maximum absolute atomic E-state index is 8.80. The Morgan fingerprint density at radius 1 is 1.50 bits per heavy atom. The van der Waals surface area contributed by atoms with Crippen LogP contribution in [0, 0.1) is 18.3 Å². The predicted octanol–water partition coefficient (Wildman–Crippen LogP) is 2.61. The first kappa shape index (κ1) is 12.0. The van der Waals surface area contributed by atoms with Crippen molar-refractivity contribution in [2.24, 2.45) is 0 Å². The van der Waals surface area contributed by atoms with Gasteiger partial charge in [-0.1, -0.05) is 0 Å². The highest BCUT2D eigenvalue weighted by Gasteiger charge is 2.11. The molecule has 1 unspecified atom stereocenters. The molecule has 0 aliphatic carbocycles. The summed E-state index contributed by atoms with van der Waals surface area (Å²) >= 11 is 0.